The smallest absolute Gasteiger partial charge is 0.258 e. The fraction of sp³-hybridized carbons (Fsp3) is 0.556. The number of aliphatic hydroxyl groups excluding tert-OH is 1. The van der Waals surface area contributed by atoms with E-state index in [1.807, 2.05) is 20.8 Å². The van der Waals surface area contributed by atoms with Crippen molar-refractivity contribution in [2.24, 2.45) is 4.99 Å². The van der Waals surface area contributed by atoms with Crippen LogP contribution in [0.5, 0.6) is 0 Å². The SMILES string of the molecule is CC(C)(C)NC(=NC1CCC(O)CC1)NC(=O)c1ccc(F)c(F)c1. The van der Waals surface area contributed by atoms with Gasteiger partial charge in [0.25, 0.3) is 5.91 Å². The number of carbonyl (C=O) groups is 1. The molecular weight excluding hydrogens is 328 g/mol. The Labute approximate surface area is 146 Å². The lowest BCUT2D eigenvalue weighted by molar-refractivity contribution is 0.0973. The van der Waals surface area contributed by atoms with Crippen LogP contribution >= 0.6 is 0 Å². The number of hydrogen-bond donors (Lipinski definition) is 3. The number of guanidine groups is 1. The summed E-state index contributed by atoms with van der Waals surface area (Å²) in [5.74, 6) is -2.34. The lowest BCUT2D eigenvalue weighted by atomic mass is 9.94. The van der Waals surface area contributed by atoms with E-state index in [9.17, 15) is 18.7 Å². The second kappa shape index (κ2) is 7.91. The van der Waals surface area contributed by atoms with Crippen LogP contribution in [0.1, 0.15) is 56.8 Å². The number of hydrogen-bond acceptors (Lipinski definition) is 3. The van der Waals surface area contributed by atoms with Crippen LogP contribution in [0.15, 0.2) is 23.2 Å². The minimum Gasteiger partial charge on any atom is -0.393 e. The van der Waals surface area contributed by atoms with Gasteiger partial charge in [-0.05, 0) is 64.7 Å². The number of aliphatic imine (C=N–C) groups is 1. The van der Waals surface area contributed by atoms with Crippen LogP contribution in [-0.4, -0.2) is 34.7 Å². The first-order valence-electron chi connectivity index (χ1n) is 8.44. The molecular formula is C18H25F2N3O2. The molecule has 2 rings (SSSR count). The molecule has 1 aliphatic carbocycles. The summed E-state index contributed by atoms with van der Waals surface area (Å²) in [5, 5.41) is 15.4. The normalized spacial score (nSPS) is 21.8. The van der Waals surface area contributed by atoms with E-state index in [1.54, 1.807) is 0 Å². The molecule has 0 atom stereocenters. The van der Waals surface area contributed by atoms with Crippen molar-refractivity contribution < 1.29 is 18.7 Å². The molecule has 1 fully saturated rings. The molecule has 0 unspecified atom stereocenters. The maximum Gasteiger partial charge on any atom is 0.258 e. The van der Waals surface area contributed by atoms with Crippen LogP contribution in [0.3, 0.4) is 0 Å². The highest BCUT2D eigenvalue weighted by molar-refractivity contribution is 6.05. The van der Waals surface area contributed by atoms with Crippen LogP contribution < -0.4 is 10.6 Å². The number of carbonyl (C=O) groups excluding carboxylic acids is 1. The van der Waals surface area contributed by atoms with Crippen LogP contribution in [0.25, 0.3) is 0 Å². The van der Waals surface area contributed by atoms with Gasteiger partial charge in [-0.15, -0.1) is 0 Å². The Bertz CT molecular complexity index is 648. The number of nitrogens with zero attached hydrogens (tertiary/aromatic N) is 1. The van der Waals surface area contributed by atoms with E-state index in [2.05, 4.69) is 15.6 Å². The Balaban J connectivity index is 2.14. The van der Waals surface area contributed by atoms with Crippen molar-refractivity contribution in [2.75, 3.05) is 0 Å². The zero-order valence-electron chi connectivity index (χ0n) is 14.8. The van der Waals surface area contributed by atoms with E-state index in [1.165, 1.54) is 6.07 Å². The van der Waals surface area contributed by atoms with Gasteiger partial charge in [0.2, 0.25) is 0 Å². The Morgan fingerprint density at radius 2 is 1.80 bits per heavy atom. The van der Waals surface area contributed by atoms with E-state index in [0.717, 1.165) is 25.0 Å². The number of halogens is 2. The van der Waals surface area contributed by atoms with Crippen LogP contribution in [0.2, 0.25) is 0 Å². The van der Waals surface area contributed by atoms with Gasteiger partial charge in [0.15, 0.2) is 17.6 Å². The summed E-state index contributed by atoms with van der Waals surface area (Å²) in [6.45, 7) is 5.78. The molecule has 1 saturated carbocycles. The Hall–Kier alpha value is -2.02. The molecule has 0 bridgehead atoms. The summed E-state index contributed by atoms with van der Waals surface area (Å²) in [7, 11) is 0. The zero-order chi connectivity index (χ0) is 18.6. The third kappa shape index (κ3) is 6.08. The summed E-state index contributed by atoms with van der Waals surface area (Å²) >= 11 is 0. The highest BCUT2D eigenvalue weighted by Crippen LogP contribution is 2.21. The molecule has 0 spiro atoms. The number of rotatable bonds is 2. The minimum atomic E-state index is -1.07. The van der Waals surface area contributed by atoms with Crippen molar-refractivity contribution in [1.82, 2.24) is 10.6 Å². The molecule has 0 heterocycles. The van der Waals surface area contributed by atoms with Gasteiger partial charge < -0.3 is 10.4 Å². The third-order valence-corrected chi connectivity index (χ3v) is 3.89. The molecule has 25 heavy (non-hydrogen) atoms. The number of aliphatic hydroxyl groups is 1. The topological polar surface area (TPSA) is 73.7 Å². The molecule has 3 N–H and O–H groups in total. The fourth-order valence-corrected chi connectivity index (χ4v) is 2.64. The predicted octanol–water partition coefficient (Wildman–Crippen LogP) is 2.74. The average molecular weight is 353 g/mol. The molecule has 0 aliphatic heterocycles. The van der Waals surface area contributed by atoms with Crippen LogP contribution in [-0.2, 0) is 0 Å². The molecule has 1 aromatic carbocycles. The summed E-state index contributed by atoms with van der Waals surface area (Å²) in [6.07, 6.45) is 2.53. The lowest BCUT2D eigenvalue weighted by Gasteiger charge is -2.27. The first-order valence-corrected chi connectivity index (χ1v) is 8.44. The molecule has 0 saturated heterocycles. The molecule has 0 aromatic heterocycles. The maximum absolute atomic E-state index is 13.3. The summed E-state index contributed by atoms with van der Waals surface area (Å²) in [4.78, 5) is 16.9. The largest absolute Gasteiger partial charge is 0.393 e. The summed E-state index contributed by atoms with van der Waals surface area (Å²) in [6, 6.07) is 3.00. The summed E-state index contributed by atoms with van der Waals surface area (Å²) < 4.78 is 26.4. The minimum absolute atomic E-state index is 0.00139. The molecule has 1 aromatic rings. The molecule has 7 heteroatoms. The van der Waals surface area contributed by atoms with Gasteiger partial charge in [-0.25, -0.2) is 13.8 Å². The lowest BCUT2D eigenvalue weighted by Crippen LogP contribution is -2.50. The average Bonchev–Trinajstić information content (AvgIpc) is 2.50. The quantitative estimate of drug-likeness (QED) is 0.565. The van der Waals surface area contributed by atoms with Crippen molar-refractivity contribution in [2.45, 2.75) is 64.1 Å². The van der Waals surface area contributed by atoms with Crippen LogP contribution in [0.4, 0.5) is 8.78 Å². The molecule has 1 aliphatic rings. The van der Waals surface area contributed by atoms with Crippen molar-refractivity contribution >= 4 is 11.9 Å². The first kappa shape index (κ1) is 19.3. The third-order valence-electron chi connectivity index (χ3n) is 3.89. The van der Waals surface area contributed by atoms with E-state index in [4.69, 9.17) is 0 Å². The van der Waals surface area contributed by atoms with E-state index in [-0.39, 0.29) is 23.2 Å². The number of benzene rings is 1. The van der Waals surface area contributed by atoms with E-state index < -0.39 is 17.5 Å². The van der Waals surface area contributed by atoms with E-state index in [0.29, 0.717) is 18.8 Å². The zero-order valence-corrected chi connectivity index (χ0v) is 14.8. The molecule has 0 radical (unpaired) electrons. The molecule has 1 amide bonds. The van der Waals surface area contributed by atoms with E-state index >= 15 is 0 Å². The number of amides is 1. The predicted molar refractivity (Wildman–Crippen MR) is 92.4 cm³/mol. The van der Waals surface area contributed by atoms with Crippen LogP contribution in [0, 0.1) is 11.6 Å². The van der Waals surface area contributed by atoms with Crippen molar-refractivity contribution in [3.63, 3.8) is 0 Å². The van der Waals surface area contributed by atoms with Gasteiger partial charge in [0, 0.05) is 11.1 Å². The number of nitrogens with one attached hydrogen (secondary N) is 2. The second-order valence-electron chi connectivity index (χ2n) is 7.40. The highest BCUT2D eigenvalue weighted by Gasteiger charge is 2.22. The fourth-order valence-electron chi connectivity index (χ4n) is 2.64. The van der Waals surface area contributed by atoms with Gasteiger partial charge >= 0.3 is 0 Å². The monoisotopic (exact) mass is 353 g/mol. The molecule has 138 valence electrons. The Morgan fingerprint density at radius 3 is 2.36 bits per heavy atom. The Morgan fingerprint density at radius 1 is 1.16 bits per heavy atom. The highest BCUT2D eigenvalue weighted by atomic mass is 19.2. The standard InChI is InChI=1S/C18H25F2N3O2/c1-18(2,3)23-17(21-12-5-7-13(24)8-6-12)22-16(25)11-4-9-14(19)15(20)10-11/h4,9-10,12-13,24H,5-8H2,1-3H3,(H2,21,22,23,25). The maximum atomic E-state index is 13.3. The first-order chi connectivity index (χ1) is 11.6. The summed E-state index contributed by atoms with van der Waals surface area (Å²) in [5.41, 5.74) is -0.324. The van der Waals surface area contributed by atoms with Gasteiger partial charge in [0.1, 0.15) is 0 Å². The Kier molecular flexibility index (Phi) is 6.11. The van der Waals surface area contributed by atoms with Crippen molar-refractivity contribution in [3.8, 4) is 0 Å². The van der Waals surface area contributed by atoms with Crippen molar-refractivity contribution in [3.05, 3.63) is 35.4 Å². The second-order valence-corrected chi connectivity index (χ2v) is 7.40. The van der Waals surface area contributed by atoms with Gasteiger partial charge in [0.05, 0.1) is 12.1 Å². The van der Waals surface area contributed by atoms with Gasteiger partial charge in [-0.1, -0.05) is 0 Å². The van der Waals surface area contributed by atoms with Gasteiger partial charge in [-0.3, -0.25) is 10.1 Å². The van der Waals surface area contributed by atoms with Crippen molar-refractivity contribution in [1.29, 1.82) is 0 Å². The molecule has 5 nitrogen and oxygen atoms in total. The van der Waals surface area contributed by atoms with Gasteiger partial charge in [-0.2, -0.15) is 0 Å².